The molecule has 0 aliphatic carbocycles. The summed E-state index contributed by atoms with van der Waals surface area (Å²) in [5.74, 6) is 0. The second-order valence-electron chi connectivity index (χ2n) is 5.63. The Kier molecular flexibility index (Phi) is 6.17. The molecule has 3 N–H and O–H groups in total. The number of carbonyl (C=O) groups excluding carboxylic acids is 1. The number of hydrogen-bond acceptors (Lipinski definition) is 4. The number of rotatable bonds is 6. The van der Waals surface area contributed by atoms with E-state index in [9.17, 15) is 19.1 Å². The van der Waals surface area contributed by atoms with Gasteiger partial charge in [0.25, 0.3) is 0 Å². The van der Waals surface area contributed by atoms with Gasteiger partial charge in [0.2, 0.25) is 0 Å². The first kappa shape index (κ1) is 19.7. The Bertz CT molecular complexity index is 842. The first-order chi connectivity index (χ1) is 12.3. The second-order valence-corrected chi connectivity index (χ2v) is 7.49. The van der Waals surface area contributed by atoms with Crippen LogP contribution in [0, 0.1) is 11.3 Å². The smallest absolute Gasteiger partial charge is 0.408 e. The second kappa shape index (κ2) is 8.15. The highest BCUT2D eigenvalue weighted by Crippen LogP contribution is 2.57. The Morgan fingerprint density at radius 1 is 1.19 bits per heavy atom. The summed E-state index contributed by atoms with van der Waals surface area (Å²) in [6, 6.07) is 16.6. The van der Waals surface area contributed by atoms with E-state index in [0.29, 0.717) is 5.56 Å². The van der Waals surface area contributed by atoms with Gasteiger partial charge in [-0.2, -0.15) is 5.26 Å². The predicted octanol–water partition coefficient (Wildman–Crippen LogP) is 3.23. The van der Waals surface area contributed by atoms with E-state index in [4.69, 9.17) is 10.00 Å². The van der Waals surface area contributed by atoms with E-state index in [1.165, 1.54) is 24.3 Å². The molecule has 7 nitrogen and oxygen atoms in total. The molecule has 0 heterocycles. The Balaban J connectivity index is 2.25. The summed E-state index contributed by atoms with van der Waals surface area (Å²) in [4.78, 5) is 32.0. The van der Waals surface area contributed by atoms with Crippen LogP contribution >= 0.6 is 7.60 Å². The molecule has 0 aliphatic rings. The van der Waals surface area contributed by atoms with Crippen LogP contribution in [-0.4, -0.2) is 15.9 Å². The maximum absolute atomic E-state index is 12.2. The van der Waals surface area contributed by atoms with Crippen molar-refractivity contribution >= 4 is 13.7 Å². The van der Waals surface area contributed by atoms with Gasteiger partial charge >= 0.3 is 13.7 Å². The van der Waals surface area contributed by atoms with Crippen molar-refractivity contribution in [2.45, 2.75) is 25.2 Å². The largest absolute Gasteiger partial charge is 0.445 e. The van der Waals surface area contributed by atoms with Crippen molar-refractivity contribution in [3.8, 4) is 6.07 Å². The van der Waals surface area contributed by atoms with Crippen LogP contribution in [0.2, 0.25) is 0 Å². The average Bonchev–Trinajstić information content (AvgIpc) is 2.64. The molecule has 0 saturated carbocycles. The van der Waals surface area contributed by atoms with E-state index in [1.54, 1.807) is 31.2 Å². The molecule has 2 rings (SSSR count). The lowest BCUT2D eigenvalue weighted by Crippen LogP contribution is -2.45. The molecule has 0 bridgehead atoms. The van der Waals surface area contributed by atoms with Gasteiger partial charge in [-0.05, 0) is 29.7 Å². The fraction of sp³-hybridized carbons (Fsp3) is 0.222. The summed E-state index contributed by atoms with van der Waals surface area (Å²) in [6.45, 7) is 1.52. The summed E-state index contributed by atoms with van der Waals surface area (Å²) in [6.07, 6.45) is -1.01. The third-order valence-corrected chi connectivity index (χ3v) is 5.70. The van der Waals surface area contributed by atoms with E-state index in [-0.39, 0.29) is 18.6 Å². The topological polar surface area (TPSA) is 120 Å². The van der Waals surface area contributed by atoms with Crippen molar-refractivity contribution < 1.29 is 23.9 Å². The molecule has 2 aromatic carbocycles. The van der Waals surface area contributed by atoms with Gasteiger partial charge in [0, 0.05) is 0 Å². The molecule has 1 unspecified atom stereocenters. The van der Waals surface area contributed by atoms with Crippen molar-refractivity contribution in [1.29, 1.82) is 5.26 Å². The Labute approximate surface area is 151 Å². The van der Waals surface area contributed by atoms with E-state index in [1.807, 2.05) is 12.1 Å². The normalized spacial score (nSPS) is 13.3. The Morgan fingerprint density at radius 2 is 1.81 bits per heavy atom. The highest BCUT2D eigenvalue weighted by Gasteiger charge is 2.48. The molecule has 2 aromatic rings. The van der Waals surface area contributed by atoms with E-state index in [2.05, 4.69) is 5.32 Å². The zero-order chi connectivity index (χ0) is 19.2. The number of alkyl carbamates (subject to hydrolysis) is 1. The third kappa shape index (κ3) is 4.30. The third-order valence-electron chi connectivity index (χ3n) is 4.02. The van der Waals surface area contributed by atoms with Crippen molar-refractivity contribution in [2.24, 2.45) is 0 Å². The van der Waals surface area contributed by atoms with Crippen LogP contribution in [0.1, 0.15) is 30.0 Å². The fourth-order valence-electron chi connectivity index (χ4n) is 2.56. The summed E-state index contributed by atoms with van der Waals surface area (Å²) < 4.78 is 17.3. The average molecular weight is 374 g/mol. The van der Waals surface area contributed by atoms with Crippen LogP contribution in [0.15, 0.2) is 54.6 Å². The van der Waals surface area contributed by atoms with E-state index < -0.39 is 19.0 Å². The monoisotopic (exact) mass is 374 g/mol. The lowest BCUT2D eigenvalue weighted by atomic mass is 10.0. The minimum atomic E-state index is -4.80. The number of nitrogens with zero attached hydrogens (tertiary/aromatic N) is 1. The molecule has 1 amide bonds. The van der Waals surface area contributed by atoms with Crippen molar-refractivity contribution in [3.05, 3.63) is 71.3 Å². The summed E-state index contributed by atoms with van der Waals surface area (Å²) in [5, 5.41) is 9.28. The molecule has 136 valence electrons. The minimum Gasteiger partial charge on any atom is -0.445 e. The number of nitriles is 1. The molecule has 0 aliphatic heterocycles. The first-order valence-electron chi connectivity index (χ1n) is 7.87. The number of nitrogens with one attached hydrogen (secondary N) is 1. The number of ether oxygens (including phenoxy) is 1. The summed E-state index contributed by atoms with van der Waals surface area (Å²) >= 11 is 0. The molecular formula is C18H19N2O5P. The van der Waals surface area contributed by atoms with E-state index >= 15 is 0 Å². The van der Waals surface area contributed by atoms with Gasteiger partial charge in [0.1, 0.15) is 6.61 Å². The number of carbonyl (C=O) groups is 1. The van der Waals surface area contributed by atoms with Gasteiger partial charge in [0.15, 0.2) is 5.28 Å². The highest BCUT2D eigenvalue weighted by molar-refractivity contribution is 7.53. The summed E-state index contributed by atoms with van der Waals surface area (Å²) in [7, 11) is -4.80. The molecule has 0 spiro atoms. The highest BCUT2D eigenvalue weighted by atomic mass is 31.2. The fourth-order valence-corrected chi connectivity index (χ4v) is 3.69. The summed E-state index contributed by atoms with van der Waals surface area (Å²) in [5.41, 5.74) is 1.29. The zero-order valence-corrected chi connectivity index (χ0v) is 15.0. The van der Waals surface area contributed by atoms with E-state index in [0.717, 1.165) is 5.56 Å². The molecule has 0 fully saturated rings. The van der Waals surface area contributed by atoms with Gasteiger partial charge in [-0.3, -0.25) is 4.57 Å². The lowest BCUT2D eigenvalue weighted by Gasteiger charge is -2.34. The predicted molar refractivity (Wildman–Crippen MR) is 94.9 cm³/mol. The standard InChI is InChI=1S/C18H19N2O5P/c1-2-18(26(22,23)24,16-10-8-14(12-19)9-11-16)20-17(21)25-13-15-6-4-3-5-7-15/h3-11H,2,13H2,1H3,(H,20,21)(H2,22,23,24). The molecule has 1 atom stereocenters. The number of amides is 1. The van der Waals surface area contributed by atoms with Crippen LogP contribution in [0.5, 0.6) is 0 Å². The number of benzene rings is 2. The quantitative estimate of drug-likeness (QED) is 0.668. The van der Waals surface area contributed by atoms with Gasteiger partial charge in [-0.1, -0.05) is 49.4 Å². The minimum absolute atomic E-state index is 0.0268. The Hall–Kier alpha value is -2.65. The van der Waals surface area contributed by atoms with Crippen LogP contribution in [0.3, 0.4) is 0 Å². The molecule has 0 aromatic heterocycles. The van der Waals surface area contributed by atoms with Crippen LogP contribution in [0.4, 0.5) is 4.79 Å². The SMILES string of the molecule is CCC(NC(=O)OCc1ccccc1)(c1ccc(C#N)cc1)P(=O)(O)O. The van der Waals surface area contributed by atoms with Gasteiger partial charge in [0.05, 0.1) is 11.6 Å². The van der Waals surface area contributed by atoms with Crippen molar-refractivity contribution in [3.63, 3.8) is 0 Å². The molecule has 8 heteroatoms. The number of hydrogen-bond donors (Lipinski definition) is 3. The molecule has 0 radical (unpaired) electrons. The first-order valence-corrected chi connectivity index (χ1v) is 9.49. The van der Waals surface area contributed by atoms with Crippen LogP contribution in [0.25, 0.3) is 0 Å². The Morgan fingerprint density at radius 3 is 2.31 bits per heavy atom. The molecule has 0 saturated heterocycles. The van der Waals surface area contributed by atoms with Gasteiger partial charge < -0.3 is 19.8 Å². The van der Waals surface area contributed by atoms with Gasteiger partial charge in [-0.15, -0.1) is 0 Å². The van der Waals surface area contributed by atoms with Crippen molar-refractivity contribution in [2.75, 3.05) is 0 Å². The van der Waals surface area contributed by atoms with Crippen molar-refractivity contribution in [1.82, 2.24) is 5.32 Å². The lowest BCUT2D eigenvalue weighted by molar-refractivity contribution is 0.129. The molecular weight excluding hydrogens is 355 g/mol. The van der Waals surface area contributed by atoms with Crippen LogP contribution < -0.4 is 5.32 Å². The maximum atomic E-state index is 12.2. The molecule has 26 heavy (non-hydrogen) atoms. The maximum Gasteiger partial charge on any atom is 0.408 e. The zero-order valence-electron chi connectivity index (χ0n) is 14.1. The van der Waals surface area contributed by atoms with Gasteiger partial charge in [-0.25, -0.2) is 4.79 Å². The van der Waals surface area contributed by atoms with Crippen LogP contribution in [-0.2, 0) is 21.2 Å².